The molecule has 2 rings (SSSR count). The Bertz CT molecular complexity index is 718. The topological polar surface area (TPSA) is 71.3 Å². The van der Waals surface area contributed by atoms with E-state index in [1.807, 2.05) is 19.9 Å². The SMILES string of the molecule is CNc1ccc(S(=O)(=O)NC(C)c2cc(C)oc2C)cc1. The molecule has 1 heterocycles. The molecule has 2 N–H and O–H groups in total. The summed E-state index contributed by atoms with van der Waals surface area (Å²) in [5.41, 5.74) is 1.71. The Morgan fingerprint density at radius 2 is 1.76 bits per heavy atom. The molecule has 21 heavy (non-hydrogen) atoms. The van der Waals surface area contributed by atoms with Crippen molar-refractivity contribution in [2.24, 2.45) is 0 Å². The first kappa shape index (κ1) is 15.6. The molecule has 0 aliphatic rings. The smallest absolute Gasteiger partial charge is 0.241 e. The summed E-state index contributed by atoms with van der Waals surface area (Å²) in [5.74, 6) is 1.50. The van der Waals surface area contributed by atoms with Crippen molar-refractivity contribution in [3.05, 3.63) is 47.4 Å². The van der Waals surface area contributed by atoms with Crippen LogP contribution in [0.4, 0.5) is 5.69 Å². The van der Waals surface area contributed by atoms with Gasteiger partial charge in [0, 0.05) is 24.3 Å². The molecule has 2 aromatic rings. The van der Waals surface area contributed by atoms with Gasteiger partial charge in [0.2, 0.25) is 10.0 Å². The Labute approximate surface area is 125 Å². The summed E-state index contributed by atoms with van der Waals surface area (Å²) in [4.78, 5) is 0.242. The Balaban J connectivity index is 2.22. The molecule has 0 spiro atoms. The number of hydrogen-bond acceptors (Lipinski definition) is 4. The van der Waals surface area contributed by atoms with Crippen LogP contribution in [0.5, 0.6) is 0 Å². The van der Waals surface area contributed by atoms with Crippen molar-refractivity contribution in [3.8, 4) is 0 Å². The predicted molar refractivity (Wildman–Crippen MR) is 82.9 cm³/mol. The molecule has 6 heteroatoms. The Morgan fingerprint density at radius 3 is 2.24 bits per heavy atom. The minimum absolute atomic E-state index is 0.242. The molecule has 1 aromatic carbocycles. The standard InChI is InChI=1S/C15H20N2O3S/c1-10-9-15(12(3)20-10)11(2)17-21(18,19)14-7-5-13(16-4)6-8-14/h5-9,11,16-17H,1-4H3. The van der Waals surface area contributed by atoms with Gasteiger partial charge in [-0.3, -0.25) is 0 Å². The first-order valence-corrected chi connectivity index (χ1v) is 8.19. The molecular weight excluding hydrogens is 288 g/mol. The lowest BCUT2D eigenvalue weighted by atomic mass is 10.1. The summed E-state index contributed by atoms with van der Waals surface area (Å²) in [6, 6.07) is 8.12. The maximum absolute atomic E-state index is 12.4. The first-order valence-electron chi connectivity index (χ1n) is 6.70. The third-order valence-electron chi connectivity index (χ3n) is 3.33. The van der Waals surface area contributed by atoms with E-state index in [4.69, 9.17) is 4.42 Å². The van der Waals surface area contributed by atoms with Crippen molar-refractivity contribution in [2.75, 3.05) is 12.4 Å². The van der Waals surface area contributed by atoms with E-state index in [1.54, 1.807) is 38.2 Å². The van der Waals surface area contributed by atoms with Crippen molar-refractivity contribution in [2.45, 2.75) is 31.7 Å². The maximum atomic E-state index is 12.4. The van der Waals surface area contributed by atoms with Gasteiger partial charge in [-0.25, -0.2) is 13.1 Å². The van der Waals surface area contributed by atoms with Gasteiger partial charge in [0.05, 0.1) is 4.90 Å². The molecule has 0 aliphatic carbocycles. The van der Waals surface area contributed by atoms with Crippen LogP contribution in [0.25, 0.3) is 0 Å². The second kappa shape index (κ2) is 5.91. The fraction of sp³-hybridized carbons (Fsp3) is 0.333. The average Bonchev–Trinajstić information content (AvgIpc) is 2.77. The molecule has 1 unspecified atom stereocenters. The summed E-state index contributed by atoms with van der Waals surface area (Å²) >= 11 is 0. The van der Waals surface area contributed by atoms with Crippen molar-refractivity contribution in [1.82, 2.24) is 4.72 Å². The van der Waals surface area contributed by atoms with Crippen LogP contribution in [-0.4, -0.2) is 15.5 Å². The normalized spacial score (nSPS) is 13.1. The van der Waals surface area contributed by atoms with Gasteiger partial charge in [-0.05, 0) is 51.1 Å². The number of nitrogens with one attached hydrogen (secondary N) is 2. The van der Waals surface area contributed by atoms with Gasteiger partial charge in [-0.2, -0.15) is 0 Å². The van der Waals surface area contributed by atoms with E-state index in [0.29, 0.717) is 0 Å². The molecule has 1 aromatic heterocycles. The Kier molecular flexibility index (Phi) is 4.39. The van der Waals surface area contributed by atoms with E-state index >= 15 is 0 Å². The molecule has 0 fully saturated rings. The first-order chi connectivity index (χ1) is 9.83. The number of anilines is 1. The fourth-order valence-electron chi connectivity index (χ4n) is 2.25. The molecule has 0 radical (unpaired) electrons. The monoisotopic (exact) mass is 308 g/mol. The predicted octanol–water partition coefficient (Wildman–Crippen LogP) is 2.98. The van der Waals surface area contributed by atoms with Crippen LogP contribution in [0.2, 0.25) is 0 Å². The van der Waals surface area contributed by atoms with Crippen molar-refractivity contribution < 1.29 is 12.8 Å². The minimum Gasteiger partial charge on any atom is -0.466 e. The quantitative estimate of drug-likeness (QED) is 0.891. The summed E-state index contributed by atoms with van der Waals surface area (Å²) in [6.07, 6.45) is 0. The van der Waals surface area contributed by atoms with E-state index in [9.17, 15) is 8.42 Å². The van der Waals surface area contributed by atoms with Gasteiger partial charge in [0.25, 0.3) is 0 Å². The largest absolute Gasteiger partial charge is 0.466 e. The van der Waals surface area contributed by atoms with E-state index < -0.39 is 10.0 Å². The molecule has 0 amide bonds. The highest BCUT2D eigenvalue weighted by Crippen LogP contribution is 2.23. The third kappa shape index (κ3) is 3.46. The van der Waals surface area contributed by atoms with Crippen molar-refractivity contribution in [3.63, 3.8) is 0 Å². The van der Waals surface area contributed by atoms with Crippen LogP contribution in [0.3, 0.4) is 0 Å². The summed E-state index contributed by atoms with van der Waals surface area (Å²) in [6.45, 7) is 5.47. The molecule has 0 saturated carbocycles. The zero-order valence-electron chi connectivity index (χ0n) is 12.6. The lowest BCUT2D eigenvalue weighted by Crippen LogP contribution is -2.27. The molecule has 0 bridgehead atoms. The van der Waals surface area contributed by atoms with Crippen LogP contribution in [0.15, 0.2) is 39.6 Å². The molecule has 5 nitrogen and oxygen atoms in total. The molecule has 0 saturated heterocycles. The lowest BCUT2D eigenvalue weighted by Gasteiger charge is -2.14. The van der Waals surface area contributed by atoms with Crippen LogP contribution in [0, 0.1) is 13.8 Å². The number of hydrogen-bond donors (Lipinski definition) is 2. The third-order valence-corrected chi connectivity index (χ3v) is 4.89. The summed E-state index contributed by atoms with van der Waals surface area (Å²) < 4.78 is 32.9. The zero-order chi connectivity index (χ0) is 15.6. The zero-order valence-corrected chi connectivity index (χ0v) is 13.4. The number of aryl methyl sites for hydroxylation is 2. The average molecular weight is 308 g/mol. The van der Waals surface area contributed by atoms with Gasteiger partial charge in [0.15, 0.2) is 0 Å². The van der Waals surface area contributed by atoms with Gasteiger partial charge in [-0.1, -0.05) is 0 Å². The molecule has 1 atom stereocenters. The van der Waals surface area contributed by atoms with Gasteiger partial charge >= 0.3 is 0 Å². The van der Waals surface area contributed by atoms with Crippen LogP contribution in [0.1, 0.15) is 30.0 Å². The van der Waals surface area contributed by atoms with Crippen LogP contribution >= 0.6 is 0 Å². The highest BCUT2D eigenvalue weighted by molar-refractivity contribution is 7.89. The van der Waals surface area contributed by atoms with Gasteiger partial charge in [-0.15, -0.1) is 0 Å². The lowest BCUT2D eigenvalue weighted by molar-refractivity contribution is 0.496. The second-order valence-corrected chi connectivity index (χ2v) is 6.70. The maximum Gasteiger partial charge on any atom is 0.241 e. The van der Waals surface area contributed by atoms with E-state index in [0.717, 1.165) is 22.8 Å². The fourth-order valence-corrected chi connectivity index (χ4v) is 3.47. The van der Waals surface area contributed by atoms with Crippen LogP contribution in [-0.2, 0) is 10.0 Å². The number of sulfonamides is 1. The van der Waals surface area contributed by atoms with E-state index in [2.05, 4.69) is 10.0 Å². The molecule has 114 valence electrons. The van der Waals surface area contributed by atoms with E-state index in [-0.39, 0.29) is 10.9 Å². The van der Waals surface area contributed by atoms with Crippen molar-refractivity contribution in [1.29, 1.82) is 0 Å². The Morgan fingerprint density at radius 1 is 1.14 bits per heavy atom. The highest BCUT2D eigenvalue weighted by atomic mass is 32.2. The Hall–Kier alpha value is -1.79. The number of rotatable bonds is 5. The number of furan rings is 1. The molecule has 0 aliphatic heterocycles. The van der Waals surface area contributed by atoms with Crippen molar-refractivity contribution >= 4 is 15.7 Å². The molecular formula is C15H20N2O3S. The summed E-state index contributed by atoms with van der Waals surface area (Å²) in [5, 5.41) is 2.95. The van der Waals surface area contributed by atoms with Gasteiger partial charge < -0.3 is 9.73 Å². The van der Waals surface area contributed by atoms with Gasteiger partial charge in [0.1, 0.15) is 11.5 Å². The number of benzene rings is 1. The second-order valence-electron chi connectivity index (χ2n) is 4.99. The highest BCUT2D eigenvalue weighted by Gasteiger charge is 2.21. The van der Waals surface area contributed by atoms with Crippen LogP contribution < -0.4 is 10.0 Å². The van der Waals surface area contributed by atoms with E-state index in [1.165, 1.54) is 0 Å². The summed E-state index contributed by atoms with van der Waals surface area (Å²) in [7, 11) is -1.77. The minimum atomic E-state index is -3.56.